The number of benzene rings is 2. The number of aryl methyl sites for hydroxylation is 1. The second kappa shape index (κ2) is 16.6. The molecule has 2 N–H and O–H groups in total. The lowest BCUT2D eigenvalue weighted by molar-refractivity contribution is -0.146. The number of phenolic OH excluding ortho intramolecular Hbond substituents is 2. The van der Waals surface area contributed by atoms with Gasteiger partial charge < -0.3 is 14.9 Å². The molecule has 2 unspecified atom stereocenters. The molecule has 43 heavy (non-hydrogen) atoms. The standard InChI is InChI=1S/C37H51NO5/c1-3-5-21-38-34-23-31(18-17-29(34)4-2)37(42)30-8-6-7-26(15-16-30)9-10-27-11-13-28(14-12-27)22-36(41)43-25-32-19-20-33(39)24-35(32)40/h17-21,23-24,26-28,30,39-40H,3-16,22,25H2,1-2H3. The first kappa shape index (κ1) is 32.8. The summed E-state index contributed by atoms with van der Waals surface area (Å²) in [5, 5.41) is 19.3. The summed E-state index contributed by atoms with van der Waals surface area (Å²) in [7, 11) is 0. The first-order valence-electron chi connectivity index (χ1n) is 16.7. The van der Waals surface area contributed by atoms with Crippen molar-refractivity contribution in [3.8, 4) is 11.5 Å². The zero-order valence-corrected chi connectivity index (χ0v) is 26.2. The number of hydrogen-bond acceptors (Lipinski definition) is 6. The van der Waals surface area contributed by atoms with E-state index in [-0.39, 0.29) is 30.0 Å². The van der Waals surface area contributed by atoms with Gasteiger partial charge in [0.1, 0.15) is 18.1 Å². The van der Waals surface area contributed by atoms with Crippen LogP contribution < -0.4 is 0 Å². The Kier molecular flexibility index (Phi) is 12.7. The smallest absolute Gasteiger partial charge is 0.306 e. The predicted octanol–water partition coefficient (Wildman–Crippen LogP) is 9.26. The number of unbranched alkanes of at least 4 members (excludes halogenated alkanes) is 1. The summed E-state index contributed by atoms with van der Waals surface area (Å²) in [5.74, 6) is 1.92. The van der Waals surface area contributed by atoms with Crippen LogP contribution in [0.15, 0.2) is 41.4 Å². The molecule has 2 fully saturated rings. The van der Waals surface area contributed by atoms with Crippen LogP contribution in [0.2, 0.25) is 0 Å². The molecule has 6 heteroatoms. The number of aromatic hydroxyl groups is 2. The lowest BCUT2D eigenvalue weighted by Crippen LogP contribution is -2.19. The van der Waals surface area contributed by atoms with E-state index < -0.39 is 0 Å². The molecule has 2 saturated carbocycles. The Balaban J connectivity index is 1.16. The van der Waals surface area contributed by atoms with Gasteiger partial charge >= 0.3 is 5.97 Å². The van der Waals surface area contributed by atoms with Crippen LogP contribution >= 0.6 is 0 Å². The van der Waals surface area contributed by atoms with Gasteiger partial charge in [0, 0.05) is 35.7 Å². The zero-order chi connectivity index (χ0) is 30.6. The van der Waals surface area contributed by atoms with Crippen molar-refractivity contribution < 1.29 is 24.5 Å². The number of carbonyl (C=O) groups is 2. The van der Waals surface area contributed by atoms with Crippen LogP contribution in [0, 0.1) is 23.7 Å². The van der Waals surface area contributed by atoms with E-state index in [1.54, 1.807) is 6.07 Å². The van der Waals surface area contributed by atoms with Gasteiger partial charge in [-0.05, 0) is 86.5 Å². The molecule has 0 spiro atoms. The van der Waals surface area contributed by atoms with E-state index in [1.165, 1.54) is 49.8 Å². The van der Waals surface area contributed by atoms with Crippen LogP contribution in [0.5, 0.6) is 11.5 Å². The molecule has 6 nitrogen and oxygen atoms in total. The van der Waals surface area contributed by atoms with Crippen LogP contribution in [0.1, 0.15) is 125 Å². The summed E-state index contributed by atoms with van der Waals surface area (Å²) >= 11 is 0. The minimum absolute atomic E-state index is 0.0152. The summed E-state index contributed by atoms with van der Waals surface area (Å²) < 4.78 is 5.40. The average Bonchev–Trinajstić information content (AvgIpc) is 3.26. The third-order valence-corrected chi connectivity index (χ3v) is 9.72. The SMILES string of the molecule is CCCC=Nc1cc(C(=O)C2CCCC(CCC3CCC(CC(=O)OCc4ccc(O)cc4O)CC3)CC2)ccc1CC. The molecule has 0 bridgehead atoms. The Hall–Kier alpha value is -3.15. The normalized spacial score (nSPS) is 22.7. The van der Waals surface area contributed by atoms with Crippen molar-refractivity contribution in [2.24, 2.45) is 28.7 Å². The number of esters is 1. The number of hydrogen-bond donors (Lipinski definition) is 2. The summed E-state index contributed by atoms with van der Waals surface area (Å²) in [5.41, 5.74) is 3.47. The van der Waals surface area contributed by atoms with Crippen molar-refractivity contribution in [2.45, 2.75) is 117 Å². The van der Waals surface area contributed by atoms with Gasteiger partial charge in [-0.25, -0.2) is 0 Å². The van der Waals surface area contributed by atoms with Crippen LogP contribution in [0.3, 0.4) is 0 Å². The number of ketones is 1. The Morgan fingerprint density at radius 1 is 0.860 bits per heavy atom. The van der Waals surface area contributed by atoms with Crippen LogP contribution in [-0.4, -0.2) is 28.2 Å². The number of rotatable bonds is 13. The van der Waals surface area contributed by atoms with Crippen molar-refractivity contribution in [1.82, 2.24) is 0 Å². The fraction of sp³-hybridized carbons (Fsp3) is 0.595. The molecule has 4 rings (SSSR count). The molecule has 0 amide bonds. The maximum atomic E-state index is 13.5. The van der Waals surface area contributed by atoms with Gasteiger partial charge in [0.25, 0.3) is 0 Å². The van der Waals surface area contributed by atoms with E-state index in [0.717, 1.165) is 75.0 Å². The highest BCUT2D eigenvalue weighted by Gasteiger charge is 2.28. The van der Waals surface area contributed by atoms with Crippen LogP contribution in [-0.2, 0) is 22.6 Å². The van der Waals surface area contributed by atoms with Gasteiger partial charge in [-0.1, -0.05) is 70.9 Å². The Labute approximate surface area is 258 Å². The monoisotopic (exact) mass is 589 g/mol. The van der Waals surface area contributed by atoms with E-state index in [1.807, 2.05) is 18.3 Å². The first-order chi connectivity index (χ1) is 20.9. The molecule has 2 aromatic carbocycles. The molecule has 234 valence electrons. The van der Waals surface area contributed by atoms with Gasteiger partial charge in [-0.3, -0.25) is 14.6 Å². The van der Waals surface area contributed by atoms with Crippen LogP contribution in [0.4, 0.5) is 5.69 Å². The number of carbonyl (C=O) groups excluding carboxylic acids is 2. The highest BCUT2D eigenvalue weighted by Crippen LogP contribution is 2.38. The number of Topliss-reactive ketones (excluding diaryl/α,β-unsaturated/α-hetero) is 1. The fourth-order valence-electron chi connectivity index (χ4n) is 6.92. The maximum Gasteiger partial charge on any atom is 0.306 e. The van der Waals surface area contributed by atoms with E-state index in [0.29, 0.717) is 29.6 Å². The molecule has 0 radical (unpaired) electrons. The molecule has 2 aliphatic carbocycles. The quantitative estimate of drug-likeness (QED) is 0.105. The number of phenols is 2. The predicted molar refractivity (Wildman–Crippen MR) is 172 cm³/mol. The minimum Gasteiger partial charge on any atom is -0.508 e. The van der Waals surface area contributed by atoms with Crippen molar-refractivity contribution in [3.63, 3.8) is 0 Å². The Morgan fingerprint density at radius 3 is 2.28 bits per heavy atom. The van der Waals surface area contributed by atoms with Crippen molar-refractivity contribution in [3.05, 3.63) is 53.1 Å². The molecular weight excluding hydrogens is 538 g/mol. The number of nitrogens with zero attached hydrogens (tertiary/aromatic N) is 1. The summed E-state index contributed by atoms with van der Waals surface area (Å²) in [6.07, 6.45) is 17.8. The lowest BCUT2D eigenvalue weighted by atomic mass is 9.77. The molecule has 0 saturated heterocycles. The van der Waals surface area contributed by atoms with Crippen molar-refractivity contribution in [2.75, 3.05) is 0 Å². The summed E-state index contributed by atoms with van der Waals surface area (Å²) in [6.45, 7) is 4.31. The van der Waals surface area contributed by atoms with E-state index >= 15 is 0 Å². The van der Waals surface area contributed by atoms with E-state index in [4.69, 9.17) is 4.74 Å². The van der Waals surface area contributed by atoms with Gasteiger partial charge in [-0.2, -0.15) is 0 Å². The van der Waals surface area contributed by atoms with Crippen LogP contribution in [0.25, 0.3) is 0 Å². The molecule has 0 aliphatic heterocycles. The minimum atomic E-state index is -0.222. The fourth-order valence-corrected chi connectivity index (χ4v) is 6.92. The first-order valence-corrected chi connectivity index (χ1v) is 16.7. The second-order valence-corrected chi connectivity index (χ2v) is 12.9. The molecule has 2 aromatic rings. The van der Waals surface area contributed by atoms with E-state index in [2.05, 4.69) is 24.9 Å². The second-order valence-electron chi connectivity index (χ2n) is 12.9. The zero-order valence-electron chi connectivity index (χ0n) is 26.2. The van der Waals surface area contributed by atoms with Gasteiger partial charge in [-0.15, -0.1) is 0 Å². The highest BCUT2D eigenvalue weighted by atomic mass is 16.5. The maximum absolute atomic E-state index is 13.5. The molecular formula is C37H51NO5. The third-order valence-electron chi connectivity index (χ3n) is 9.72. The van der Waals surface area contributed by atoms with Crippen molar-refractivity contribution in [1.29, 1.82) is 0 Å². The Morgan fingerprint density at radius 2 is 1.56 bits per heavy atom. The van der Waals surface area contributed by atoms with Gasteiger partial charge in [0.15, 0.2) is 5.78 Å². The summed E-state index contributed by atoms with van der Waals surface area (Å²) in [4.78, 5) is 30.6. The number of ether oxygens (including phenoxy) is 1. The summed E-state index contributed by atoms with van der Waals surface area (Å²) in [6, 6.07) is 10.4. The molecule has 2 atom stereocenters. The highest BCUT2D eigenvalue weighted by molar-refractivity contribution is 5.98. The molecule has 0 heterocycles. The Bertz CT molecular complexity index is 1230. The number of aliphatic imine (C=N–C) groups is 1. The van der Waals surface area contributed by atoms with Crippen molar-refractivity contribution >= 4 is 23.7 Å². The third kappa shape index (κ3) is 9.94. The molecule has 2 aliphatic rings. The van der Waals surface area contributed by atoms with E-state index in [9.17, 15) is 19.8 Å². The van der Waals surface area contributed by atoms with Gasteiger partial charge in [0.2, 0.25) is 0 Å². The molecule has 0 aromatic heterocycles. The largest absolute Gasteiger partial charge is 0.508 e. The topological polar surface area (TPSA) is 96.2 Å². The average molecular weight is 590 g/mol. The van der Waals surface area contributed by atoms with Gasteiger partial charge in [0.05, 0.1) is 5.69 Å². The lowest BCUT2D eigenvalue weighted by Gasteiger charge is -2.29.